The lowest BCUT2D eigenvalue weighted by Gasteiger charge is -2.24. The van der Waals surface area contributed by atoms with Crippen LogP contribution in [0.1, 0.15) is 28.2 Å². The van der Waals surface area contributed by atoms with Crippen LogP contribution in [-0.4, -0.2) is 24.2 Å². The third-order valence-corrected chi connectivity index (χ3v) is 6.05. The molecule has 4 rings (SSSR count). The molecule has 0 spiro atoms. The predicted octanol–water partition coefficient (Wildman–Crippen LogP) is 5.26. The Labute approximate surface area is 184 Å². The van der Waals surface area contributed by atoms with Crippen molar-refractivity contribution in [3.8, 4) is 5.75 Å². The van der Waals surface area contributed by atoms with Gasteiger partial charge in [-0.1, -0.05) is 18.2 Å². The lowest BCUT2D eigenvalue weighted by molar-refractivity contribution is -0.115. The van der Waals surface area contributed by atoms with Gasteiger partial charge in [-0.3, -0.25) is 14.5 Å². The van der Waals surface area contributed by atoms with E-state index in [9.17, 15) is 14.0 Å². The quantitative estimate of drug-likeness (QED) is 0.573. The number of benzene rings is 3. The van der Waals surface area contributed by atoms with E-state index in [1.807, 2.05) is 43.3 Å². The maximum Gasteiger partial charge on any atom is 0.255 e. The summed E-state index contributed by atoms with van der Waals surface area (Å²) in [6.45, 7) is 2.51. The largest absolute Gasteiger partial charge is 0.494 e. The zero-order valence-electron chi connectivity index (χ0n) is 16.9. The molecule has 0 radical (unpaired) electrons. The second kappa shape index (κ2) is 9.22. The van der Waals surface area contributed by atoms with E-state index in [0.29, 0.717) is 18.0 Å². The zero-order chi connectivity index (χ0) is 21.8. The molecule has 3 aromatic carbocycles. The van der Waals surface area contributed by atoms with Gasteiger partial charge in [-0.15, -0.1) is 11.8 Å². The fraction of sp³-hybridized carbons (Fsp3) is 0.167. The number of hydrogen-bond donors (Lipinski definition) is 1. The van der Waals surface area contributed by atoms with Crippen LogP contribution >= 0.6 is 11.8 Å². The van der Waals surface area contributed by atoms with Crippen LogP contribution < -0.4 is 15.0 Å². The van der Waals surface area contributed by atoms with Gasteiger partial charge in [0.05, 0.1) is 12.4 Å². The van der Waals surface area contributed by atoms with Crippen LogP contribution in [0.15, 0.2) is 72.8 Å². The summed E-state index contributed by atoms with van der Waals surface area (Å²) in [7, 11) is 0. The molecular weight excluding hydrogens is 415 g/mol. The van der Waals surface area contributed by atoms with E-state index in [1.54, 1.807) is 34.9 Å². The number of ether oxygens (including phenoxy) is 1. The molecule has 1 saturated heterocycles. The average Bonchev–Trinajstić information content (AvgIpc) is 3.16. The second-order valence-electron chi connectivity index (χ2n) is 6.94. The Morgan fingerprint density at radius 3 is 2.55 bits per heavy atom. The summed E-state index contributed by atoms with van der Waals surface area (Å²) in [6.07, 6.45) is 0. The van der Waals surface area contributed by atoms with Crippen LogP contribution in [0.2, 0.25) is 0 Å². The molecule has 1 N–H and O–H groups in total. The first-order valence-electron chi connectivity index (χ1n) is 9.88. The lowest BCUT2D eigenvalue weighted by atomic mass is 10.1. The number of amides is 2. The number of carbonyl (C=O) groups is 2. The third-order valence-electron chi connectivity index (χ3n) is 4.83. The molecule has 1 atom stereocenters. The average molecular weight is 437 g/mol. The second-order valence-corrected chi connectivity index (χ2v) is 8.01. The highest BCUT2D eigenvalue weighted by molar-refractivity contribution is 8.00. The molecule has 1 heterocycles. The molecule has 0 saturated carbocycles. The Morgan fingerprint density at radius 2 is 1.87 bits per heavy atom. The van der Waals surface area contributed by atoms with Gasteiger partial charge in [0.2, 0.25) is 5.91 Å². The Balaban J connectivity index is 1.49. The number of thioether (sulfide) groups is 1. The molecule has 31 heavy (non-hydrogen) atoms. The summed E-state index contributed by atoms with van der Waals surface area (Å²) >= 11 is 1.56. The molecular formula is C24H21FN2O3S. The fourth-order valence-corrected chi connectivity index (χ4v) is 4.56. The Kier molecular flexibility index (Phi) is 6.23. The summed E-state index contributed by atoms with van der Waals surface area (Å²) in [5.41, 5.74) is 2.61. The highest BCUT2D eigenvalue weighted by Crippen LogP contribution is 2.42. The van der Waals surface area contributed by atoms with E-state index in [-0.39, 0.29) is 22.8 Å². The van der Waals surface area contributed by atoms with Crippen molar-refractivity contribution in [3.63, 3.8) is 0 Å². The Bertz CT molecular complexity index is 1090. The fourth-order valence-electron chi connectivity index (χ4n) is 3.38. The zero-order valence-corrected chi connectivity index (χ0v) is 17.7. The SMILES string of the molecule is CCOc1ccc(N2C(=O)CS[C@@H]2c2ccc(NC(=O)c3cccc(F)c3)cc2)cc1. The number of carbonyl (C=O) groups excluding carboxylic acids is 2. The maximum absolute atomic E-state index is 13.3. The Hall–Kier alpha value is -3.32. The van der Waals surface area contributed by atoms with Gasteiger partial charge in [-0.25, -0.2) is 4.39 Å². The molecule has 0 bridgehead atoms. The predicted molar refractivity (Wildman–Crippen MR) is 121 cm³/mol. The van der Waals surface area contributed by atoms with E-state index in [2.05, 4.69) is 5.32 Å². The molecule has 158 valence electrons. The summed E-state index contributed by atoms with van der Waals surface area (Å²) in [4.78, 5) is 26.6. The minimum atomic E-state index is -0.458. The summed E-state index contributed by atoms with van der Waals surface area (Å²) in [6, 6.07) is 20.4. The van der Waals surface area contributed by atoms with Crippen molar-refractivity contribution in [3.05, 3.63) is 89.7 Å². The van der Waals surface area contributed by atoms with Crippen LogP contribution in [0, 0.1) is 5.82 Å². The van der Waals surface area contributed by atoms with Gasteiger partial charge >= 0.3 is 0 Å². The molecule has 0 aromatic heterocycles. The van der Waals surface area contributed by atoms with E-state index in [1.165, 1.54) is 18.2 Å². The molecule has 1 aliphatic rings. The van der Waals surface area contributed by atoms with Crippen LogP contribution in [0.4, 0.5) is 15.8 Å². The summed E-state index contributed by atoms with van der Waals surface area (Å²) < 4.78 is 18.8. The topological polar surface area (TPSA) is 58.6 Å². The van der Waals surface area contributed by atoms with Crippen molar-refractivity contribution in [1.82, 2.24) is 0 Å². The minimum Gasteiger partial charge on any atom is -0.494 e. The standard InChI is InChI=1S/C24H21FN2O3S/c1-2-30-21-12-10-20(11-13-21)27-22(28)15-31-24(27)16-6-8-19(9-7-16)26-23(29)17-4-3-5-18(25)14-17/h3-14,24H,2,15H2,1H3,(H,26,29)/t24-/m1/s1. The van der Waals surface area contributed by atoms with Gasteiger partial charge in [0, 0.05) is 16.9 Å². The van der Waals surface area contributed by atoms with Gasteiger partial charge in [-0.05, 0) is 67.1 Å². The normalized spacial score (nSPS) is 15.7. The summed E-state index contributed by atoms with van der Waals surface area (Å²) in [5.74, 6) is 0.368. The molecule has 1 aliphatic heterocycles. The molecule has 0 aliphatic carbocycles. The van der Waals surface area contributed by atoms with Crippen molar-refractivity contribution in [2.24, 2.45) is 0 Å². The van der Waals surface area contributed by atoms with Crippen LogP contribution in [0.25, 0.3) is 0 Å². The first-order valence-corrected chi connectivity index (χ1v) is 10.9. The van der Waals surface area contributed by atoms with E-state index in [4.69, 9.17) is 4.74 Å². The molecule has 2 amide bonds. The number of anilines is 2. The lowest BCUT2D eigenvalue weighted by Crippen LogP contribution is -2.27. The van der Waals surface area contributed by atoms with Crippen LogP contribution in [0.3, 0.4) is 0 Å². The highest BCUT2D eigenvalue weighted by Gasteiger charge is 2.34. The van der Waals surface area contributed by atoms with Gasteiger partial charge in [-0.2, -0.15) is 0 Å². The van der Waals surface area contributed by atoms with Gasteiger partial charge in [0.25, 0.3) is 5.91 Å². The molecule has 7 heteroatoms. The van der Waals surface area contributed by atoms with E-state index >= 15 is 0 Å². The molecule has 0 unspecified atom stereocenters. The third kappa shape index (κ3) is 4.72. The smallest absolute Gasteiger partial charge is 0.255 e. The van der Waals surface area contributed by atoms with Crippen molar-refractivity contribution >= 4 is 35.0 Å². The summed E-state index contributed by atoms with van der Waals surface area (Å²) in [5, 5.41) is 2.61. The van der Waals surface area contributed by atoms with Crippen molar-refractivity contribution < 1.29 is 18.7 Å². The highest BCUT2D eigenvalue weighted by atomic mass is 32.2. The number of nitrogens with zero attached hydrogens (tertiary/aromatic N) is 1. The maximum atomic E-state index is 13.3. The van der Waals surface area contributed by atoms with Crippen molar-refractivity contribution in [2.75, 3.05) is 22.6 Å². The van der Waals surface area contributed by atoms with E-state index < -0.39 is 5.82 Å². The van der Waals surface area contributed by atoms with Gasteiger partial charge in [0.15, 0.2) is 0 Å². The minimum absolute atomic E-state index is 0.0441. The van der Waals surface area contributed by atoms with Crippen molar-refractivity contribution in [2.45, 2.75) is 12.3 Å². The number of hydrogen-bond acceptors (Lipinski definition) is 4. The Morgan fingerprint density at radius 1 is 1.13 bits per heavy atom. The number of rotatable bonds is 6. The van der Waals surface area contributed by atoms with Crippen LogP contribution in [0.5, 0.6) is 5.75 Å². The first-order chi connectivity index (χ1) is 15.0. The van der Waals surface area contributed by atoms with E-state index in [0.717, 1.165) is 17.0 Å². The van der Waals surface area contributed by atoms with Gasteiger partial charge in [0.1, 0.15) is 16.9 Å². The van der Waals surface area contributed by atoms with Crippen molar-refractivity contribution in [1.29, 1.82) is 0 Å². The molecule has 5 nitrogen and oxygen atoms in total. The number of halogens is 1. The monoisotopic (exact) mass is 436 g/mol. The molecule has 1 fully saturated rings. The first kappa shape index (κ1) is 20.9. The van der Waals surface area contributed by atoms with Gasteiger partial charge < -0.3 is 10.1 Å². The van der Waals surface area contributed by atoms with Crippen LogP contribution in [-0.2, 0) is 4.79 Å². The molecule has 3 aromatic rings. The number of nitrogens with one attached hydrogen (secondary N) is 1.